The quantitative estimate of drug-likeness (QED) is 0.865. The van der Waals surface area contributed by atoms with Crippen molar-refractivity contribution in [3.05, 3.63) is 28.8 Å². The molecule has 1 aromatic carbocycles. The standard InChI is InChI=1S/C13H18ClNO2/c1-17-12-3-2-11(14)8-10(12)4-5-13(16)6-7-15-9-13/h2-3,8,15-16H,4-7,9H2,1H3. The SMILES string of the molecule is COc1ccc(Cl)cc1CCC1(O)CCNC1. The molecule has 2 rings (SSSR count). The second kappa shape index (κ2) is 5.25. The summed E-state index contributed by atoms with van der Waals surface area (Å²) in [6.07, 6.45) is 2.33. The molecule has 1 heterocycles. The maximum atomic E-state index is 10.2. The molecule has 0 saturated carbocycles. The molecule has 0 aromatic heterocycles. The van der Waals surface area contributed by atoms with Gasteiger partial charge in [-0.3, -0.25) is 0 Å². The van der Waals surface area contributed by atoms with Gasteiger partial charge in [-0.1, -0.05) is 11.6 Å². The predicted molar refractivity (Wildman–Crippen MR) is 68.8 cm³/mol. The predicted octanol–water partition coefficient (Wildman–Crippen LogP) is 2.01. The second-order valence-corrected chi connectivity index (χ2v) is 5.04. The minimum absolute atomic E-state index is 0.576. The summed E-state index contributed by atoms with van der Waals surface area (Å²) in [4.78, 5) is 0. The number of rotatable bonds is 4. The molecule has 1 unspecified atom stereocenters. The maximum absolute atomic E-state index is 10.2. The number of benzene rings is 1. The minimum Gasteiger partial charge on any atom is -0.496 e. The number of methoxy groups -OCH3 is 1. The molecule has 4 heteroatoms. The van der Waals surface area contributed by atoms with Gasteiger partial charge in [0.25, 0.3) is 0 Å². The zero-order valence-electron chi connectivity index (χ0n) is 10.0. The van der Waals surface area contributed by atoms with Gasteiger partial charge in [0.05, 0.1) is 12.7 Å². The highest BCUT2D eigenvalue weighted by atomic mass is 35.5. The molecule has 1 fully saturated rings. The lowest BCUT2D eigenvalue weighted by Crippen LogP contribution is -2.31. The Balaban J connectivity index is 2.05. The molecule has 1 saturated heterocycles. The highest BCUT2D eigenvalue weighted by molar-refractivity contribution is 6.30. The first-order valence-corrected chi connectivity index (χ1v) is 6.26. The molecule has 1 aliphatic rings. The van der Waals surface area contributed by atoms with Gasteiger partial charge in [0.2, 0.25) is 0 Å². The molecule has 1 atom stereocenters. The smallest absolute Gasteiger partial charge is 0.122 e. The van der Waals surface area contributed by atoms with Crippen molar-refractivity contribution in [3.8, 4) is 5.75 Å². The van der Waals surface area contributed by atoms with E-state index in [-0.39, 0.29) is 0 Å². The zero-order valence-corrected chi connectivity index (χ0v) is 10.8. The lowest BCUT2D eigenvalue weighted by molar-refractivity contribution is 0.0525. The van der Waals surface area contributed by atoms with E-state index in [2.05, 4.69) is 5.32 Å². The van der Waals surface area contributed by atoms with Gasteiger partial charge in [0.15, 0.2) is 0 Å². The molecule has 3 nitrogen and oxygen atoms in total. The number of hydrogen-bond donors (Lipinski definition) is 2. The number of hydrogen-bond acceptors (Lipinski definition) is 3. The van der Waals surface area contributed by atoms with Crippen molar-refractivity contribution in [2.45, 2.75) is 24.9 Å². The molecule has 1 aliphatic heterocycles. The Bertz CT molecular complexity index is 389. The van der Waals surface area contributed by atoms with Gasteiger partial charge in [-0.2, -0.15) is 0 Å². The molecule has 1 aromatic rings. The Kier molecular flexibility index (Phi) is 3.92. The Hall–Kier alpha value is -0.770. The Labute approximate surface area is 107 Å². The van der Waals surface area contributed by atoms with Crippen LogP contribution in [0.1, 0.15) is 18.4 Å². The van der Waals surface area contributed by atoms with Crippen LogP contribution in [0.5, 0.6) is 5.75 Å². The van der Waals surface area contributed by atoms with Gasteiger partial charge in [0.1, 0.15) is 5.75 Å². The molecule has 2 N–H and O–H groups in total. The fourth-order valence-electron chi connectivity index (χ4n) is 2.25. The Morgan fingerprint density at radius 2 is 2.35 bits per heavy atom. The fraction of sp³-hybridized carbons (Fsp3) is 0.538. The molecule has 0 bridgehead atoms. The third-order valence-corrected chi connectivity index (χ3v) is 3.56. The largest absolute Gasteiger partial charge is 0.496 e. The van der Waals surface area contributed by atoms with E-state index in [0.29, 0.717) is 11.6 Å². The van der Waals surface area contributed by atoms with E-state index in [1.807, 2.05) is 18.2 Å². The monoisotopic (exact) mass is 255 g/mol. The van der Waals surface area contributed by atoms with Crippen LogP contribution in [0.25, 0.3) is 0 Å². The normalized spacial score (nSPS) is 23.9. The Morgan fingerprint density at radius 1 is 1.53 bits per heavy atom. The van der Waals surface area contributed by atoms with Crippen LogP contribution in [-0.4, -0.2) is 30.9 Å². The van der Waals surface area contributed by atoms with Gasteiger partial charge < -0.3 is 15.2 Å². The van der Waals surface area contributed by atoms with E-state index < -0.39 is 5.60 Å². The van der Waals surface area contributed by atoms with E-state index in [1.165, 1.54) is 0 Å². The summed E-state index contributed by atoms with van der Waals surface area (Å²) in [6.45, 7) is 1.57. The highest BCUT2D eigenvalue weighted by Crippen LogP contribution is 2.27. The topological polar surface area (TPSA) is 41.5 Å². The van der Waals surface area contributed by atoms with Crippen molar-refractivity contribution < 1.29 is 9.84 Å². The highest BCUT2D eigenvalue weighted by Gasteiger charge is 2.30. The fourth-order valence-corrected chi connectivity index (χ4v) is 2.45. The molecule has 0 spiro atoms. The van der Waals surface area contributed by atoms with Crippen molar-refractivity contribution in [2.24, 2.45) is 0 Å². The van der Waals surface area contributed by atoms with Crippen molar-refractivity contribution >= 4 is 11.6 Å². The molecule has 0 aliphatic carbocycles. The average molecular weight is 256 g/mol. The summed E-state index contributed by atoms with van der Waals surface area (Å²) in [5.74, 6) is 0.837. The molecule has 94 valence electrons. The second-order valence-electron chi connectivity index (χ2n) is 4.61. The van der Waals surface area contributed by atoms with Gasteiger partial charge in [-0.25, -0.2) is 0 Å². The average Bonchev–Trinajstić information content (AvgIpc) is 2.74. The van der Waals surface area contributed by atoms with Crippen molar-refractivity contribution in [1.82, 2.24) is 5.32 Å². The number of β-amino-alcohol motifs (C(OH)–C–C–N with tert-alkyl or cyclic N) is 1. The summed E-state index contributed by atoms with van der Waals surface area (Å²) in [6, 6.07) is 5.59. The van der Waals surface area contributed by atoms with Crippen LogP contribution in [0.15, 0.2) is 18.2 Å². The van der Waals surface area contributed by atoms with Crippen LogP contribution >= 0.6 is 11.6 Å². The summed E-state index contributed by atoms with van der Waals surface area (Å²) in [5.41, 5.74) is 0.480. The summed E-state index contributed by atoms with van der Waals surface area (Å²) in [5, 5.41) is 14.1. The first-order chi connectivity index (χ1) is 8.13. The van der Waals surface area contributed by atoms with Crippen LogP contribution in [0.3, 0.4) is 0 Å². The third-order valence-electron chi connectivity index (χ3n) is 3.32. The van der Waals surface area contributed by atoms with Crippen LogP contribution in [0.2, 0.25) is 5.02 Å². The molecule has 0 radical (unpaired) electrons. The van der Waals surface area contributed by atoms with Gasteiger partial charge in [-0.15, -0.1) is 0 Å². The van der Waals surface area contributed by atoms with Crippen LogP contribution in [-0.2, 0) is 6.42 Å². The molecular formula is C13H18ClNO2. The summed E-state index contributed by atoms with van der Waals surface area (Å²) in [7, 11) is 1.65. The third kappa shape index (κ3) is 3.12. The first-order valence-electron chi connectivity index (χ1n) is 5.88. The van der Waals surface area contributed by atoms with E-state index in [0.717, 1.165) is 37.1 Å². The minimum atomic E-state index is -0.576. The lowest BCUT2D eigenvalue weighted by Gasteiger charge is -2.21. The van der Waals surface area contributed by atoms with Crippen molar-refractivity contribution in [2.75, 3.05) is 20.2 Å². The van der Waals surface area contributed by atoms with Gasteiger partial charge >= 0.3 is 0 Å². The molecule has 17 heavy (non-hydrogen) atoms. The van der Waals surface area contributed by atoms with Crippen molar-refractivity contribution in [1.29, 1.82) is 0 Å². The summed E-state index contributed by atoms with van der Waals surface area (Å²) < 4.78 is 5.29. The number of nitrogens with one attached hydrogen (secondary N) is 1. The van der Waals surface area contributed by atoms with E-state index in [9.17, 15) is 5.11 Å². The number of aryl methyl sites for hydroxylation is 1. The molecule has 0 amide bonds. The van der Waals surface area contributed by atoms with Crippen LogP contribution < -0.4 is 10.1 Å². The van der Waals surface area contributed by atoms with E-state index in [1.54, 1.807) is 7.11 Å². The number of ether oxygens (including phenoxy) is 1. The van der Waals surface area contributed by atoms with E-state index in [4.69, 9.17) is 16.3 Å². The molecular weight excluding hydrogens is 238 g/mol. The van der Waals surface area contributed by atoms with Crippen LogP contribution in [0.4, 0.5) is 0 Å². The van der Waals surface area contributed by atoms with E-state index >= 15 is 0 Å². The Morgan fingerprint density at radius 3 is 3.00 bits per heavy atom. The lowest BCUT2D eigenvalue weighted by atomic mass is 9.94. The van der Waals surface area contributed by atoms with Crippen molar-refractivity contribution in [3.63, 3.8) is 0 Å². The first kappa shape index (κ1) is 12.7. The number of aliphatic hydroxyl groups is 1. The maximum Gasteiger partial charge on any atom is 0.122 e. The number of halogens is 1. The van der Waals surface area contributed by atoms with Gasteiger partial charge in [0, 0.05) is 11.6 Å². The van der Waals surface area contributed by atoms with Gasteiger partial charge in [-0.05, 0) is 49.6 Å². The van der Waals surface area contributed by atoms with Crippen LogP contribution in [0, 0.1) is 0 Å². The zero-order chi connectivity index (χ0) is 12.3. The summed E-state index contributed by atoms with van der Waals surface area (Å²) >= 11 is 5.97.